The summed E-state index contributed by atoms with van der Waals surface area (Å²) in [5.41, 5.74) is 2.11. The summed E-state index contributed by atoms with van der Waals surface area (Å²) in [6.07, 6.45) is 1.00. The summed E-state index contributed by atoms with van der Waals surface area (Å²) < 4.78 is 57.4. The van der Waals surface area contributed by atoms with Crippen LogP contribution in [0.25, 0.3) is 16.8 Å². The Hall–Kier alpha value is -4.06. The highest BCUT2D eigenvalue weighted by Gasteiger charge is 2.46. The molecule has 0 amide bonds. The summed E-state index contributed by atoms with van der Waals surface area (Å²) in [7, 11) is 0. The molecule has 2 bridgehead atoms. The fraction of sp³-hybridized carbons (Fsp3) is 0.433. The van der Waals surface area contributed by atoms with E-state index in [0.29, 0.717) is 28.5 Å². The Morgan fingerprint density at radius 2 is 1.95 bits per heavy atom. The quantitative estimate of drug-likeness (QED) is 0.254. The number of alkyl halides is 3. The summed E-state index contributed by atoms with van der Waals surface area (Å²) in [4.78, 5) is 13.7. The molecule has 42 heavy (non-hydrogen) atoms. The van der Waals surface area contributed by atoms with Gasteiger partial charge in [-0.2, -0.15) is 5.10 Å². The largest absolute Gasteiger partial charge is 0.573 e. The number of ether oxygens (including phenoxy) is 2. The number of piperidine rings is 1. The van der Waals surface area contributed by atoms with Crippen molar-refractivity contribution < 1.29 is 37.1 Å². The van der Waals surface area contributed by atoms with Crippen LogP contribution >= 0.6 is 0 Å². The van der Waals surface area contributed by atoms with E-state index in [-0.39, 0.29) is 47.6 Å². The van der Waals surface area contributed by atoms with Crippen LogP contribution in [0, 0.1) is 5.92 Å². The second-order valence-corrected chi connectivity index (χ2v) is 11.5. The Kier molecular flexibility index (Phi) is 6.41. The number of hydrogen-bond donors (Lipinski definition) is 1. The number of anilines is 1. The van der Waals surface area contributed by atoms with Gasteiger partial charge in [0.25, 0.3) is 0 Å². The minimum absolute atomic E-state index is 0.0633. The number of carboxylic acids is 1. The molecule has 3 aliphatic rings. The highest BCUT2D eigenvalue weighted by Crippen LogP contribution is 2.47. The molecule has 1 N–H and O–H groups in total. The molecule has 3 fully saturated rings. The molecule has 4 unspecified atom stereocenters. The third-order valence-corrected chi connectivity index (χ3v) is 8.64. The van der Waals surface area contributed by atoms with E-state index in [1.54, 1.807) is 22.7 Å². The van der Waals surface area contributed by atoms with Gasteiger partial charge in [0.15, 0.2) is 0 Å². The van der Waals surface area contributed by atoms with Gasteiger partial charge in [-0.3, -0.25) is 0 Å². The van der Waals surface area contributed by atoms with Crippen LogP contribution in [-0.4, -0.2) is 50.4 Å². The number of benzene rings is 1. The van der Waals surface area contributed by atoms with E-state index in [0.717, 1.165) is 37.9 Å². The van der Waals surface area contributed by atoms with Gasteiger partial charge >= 0.3 is 12.3 Å². The number of fused-ring (bicyclic) bond motifs is 3. The van der Waals surface area contributed by atoms with Crippen LogP contribution in [0.15, 0.2) is 53.2 Å². The fourth-order valence-electron chi connectivity index (χ4n) is 6.62. The van der Waals surface area contributed by atoms with E-state index in [4.69, 9.17) is 14.4 Å². The van der Waals surface area contributed by atoms with Gasteiger partial charge in [-0.1, -0.05) is 24.2 Å². The van der Waals surface area contributed by atoms with Crippen molar-refractivity contribution in [1.29, 1.82) is 0 Å². The summed E-state index contributed by atoms with van der Waals surface area (Å²) in [6.45, 7) is 2.40. The summed E-state index contributed by atoms with van der Waals surface area (Å²) in [5.74, 6) is 0.738. The van der Waals surface area contributed by atoms with Gasteiger partial charge in [-0.15, -0.1) is 13.2 Å². The Bertz CT molecular complexity index is 1650. The molecule has 1 saturated carbocycles. The maximum absolute atomic E-state index is 13.1. The maximum Gasteiger partial charge on any atom is 0.573 e. The molecular weight excluding hydrogens is 553 g/mol. The molecular formula is C30H29F3N4O5. The number of nitrogens with zero attached hydrogens (tertiary/aromatic N) is 4. The van der Waals surface area contributed by atoms with Crippen LogP contribution in [0.1, 0.15) is 66.6 Å². The number of hydrogen-bond acceptors (Lipinski definition) is 7. The molecule has 2 saturated heterocycles. The molecule has 5 heterocycles. The van der Waals surface area contributed by atoms with Gasteiger partial charge in [-0.25, -0.2) is 9.31 Å². The Labute approximate surface area is 238 Å². The second kappa shape index (κ2) is 10.0. The first kappa shape index (κ1) is 26.8. The predicted octanol–water partition coefficient (Wildman–Crippen LogP) is 6.43. The van der Waals surface area contributed by atoms with Crippen LogP contribution in [0.5, 0.6) is 5.75 Å². The van der Waals surface area contributed by atoms with Gasteiger partial charge in [0.1, 0.15) is 23.0 Å². The van der Waals surface area contributed by atoms with E-state index in [2.05, 4.69) is 21.7 Å². The highest BCUT2D eigenvalue weighted by atomic mass is 19.4. The van der Waals surface area contributed by atoms with Crippen LogP contribution in [0.3, 0.4) is 0 Å². The number of carboxylic acid groups (broad SMARTS) is 1. The molecule has 4 aromatic rings. The summed E-state index contributed by atoms with van der Waals surface area (Å²) in [5, 5.41) is 18.3. The third kappa shape index (κ3) is 4.97. The molecule has 1 aromatic carbocycles. The zero-order valence-electron chi connectivity index (χ0n) is 22.8. The Balaban J connectivity index is 1.11. The summed E-state index contributed by atoms with van der Waals surface area (Å²) >= 11 is 0. The van der Waals surface area contributed by atoms with Crippen molar-refractivity contribution in [1.82, 2.24) is 14.8 Å². The molecule has 1 aliphatic carbocycles. The third-order valence-electron chi connectivity index (χ3n) is 8.64. The number of para-hydroxylation sites is 1. The molecule has 4 atom stereocenters. The van der Waals surface area contributed by atoms with Gasteiger partial charge in [-0.05, 0) is 68.4 Å². The normalized spacial score (nSPS) is 24.0. The number of halogens is 3. The first-order valence-corrected chi connectivity index (χ1v) is 14.1. The number of carbonyl (C=O) groups is 1. The predicted molar refractivity (Wildman–Crippen MR) is 144 cm³/mol. The molecule has 7 rings (SSSR count). The highest BCUT2D eigenvalue weighted by molar-refractivity contribution is 5.89. The fourth-order valence-corrected chi connectivity index (χ4v) is 6.62. The smallest absolute Gasteiger partial charge is 0.478 e. The van der Waals surface area contributed by atoms with Crippen LogP contribution in [0.4, 0.5) is 19.0 Å². The van der Waals surface area contributed by atoms with Gasteiger partial charge < -0.3 is 24.0 Å². The first-order chi connectivity index (χ1) is 20.1. The lowest BCUT2D eigenvalue weighted by atomic mass is 9.97. The second-order valence-electron chi connectivity index (χ2n) is 11.5. The number of rotatable bonds is 8. The van der Waals surface area contributed by atoms with Crippen molar-refractivity contribution in [3.05, 3.63) is 65.5 Å². The monoisotopic (exact) mass is 582 g/mol. The lowest BCUT2D eigenvalue weighted by Crippen LogP contribution is -2.47. The SMILES string of the molecule is CC1CC2CC(OCc3c(-c4ccccc4OC(F)(F)F)noc3C3CC3)CC1N2c1ccc2cc(C(=O)O)cn2n1. The lowest BCUT2D eigenvalue weighted by molar-refractivity contribution is -0.274. The number of aromatic nitrogens is 3. The molecule has 12 heteroatoms. The van der Waals surface area contributed by atoms with E-state index in [1.807, 2.05) is 12.1 Å². The lowest BCUT2D eigenvalue weighted by Gasteiger charge is -2.40. The van der Waals surface area contributed by atoms with E-state index < -0.39 is 12.3 Å². The zero-order chi connectivity index (χ0) is 29.2. The van der Waals surface area contributed by atoms with Crippen LogP contribution < -0.4 is 9.64 Å². The molecule has 220 valence electrons. The van der Waals surface area contributed by atoms with Crippen molar-refractivity contribution in [3.8, 4) is 17.0 Å². The molecule has 9 nitrogen and oxygen atoms in total. The van der Waals surface area contributed by atoms with Crippen molar-refractivity contribution in [2.75, 3.05) is 4.90 Å². The Morgan fingerprint density at radius 1 is 1.14 bits per heavy atom. The maximum atomic E-state index is 13.1. The molecule has 3 aromatic heterocycles. The average molecular weight is 583 g/mol. The number of aromatic carboxylic acids is 1. The van der Waals surface area contributed by atoms with Crippen LogP contribution in [0.2, 0.25) is 0 Å². The molecule has 0 spiro atoms. The van der Waals surface area contributed by atoms with Gasteiger partial charge in [0.2, 0.25) is 0 Å². The van der Waals surface area contributed by atoms with Crippen molar-refractivity contribution in [2.24, 2.45) is 5.92 Å². The van der Waals surface area contributed by atoms with Gasteiger partial charge in [0, 0.05) is 35.3 Å². The topological polar surface area (TPSA) is 102 Å². The van der Waals surface area contributed by atoms with Gasteiger partial charge in [0.05, 0.1) is 23.8 Å². The van der Waals surface area contributed by atoms with E-state index in [1.165, 1.54) is 18.3 Å². The summed E-state index contributed by atoms with van der Waals surface area (Å²) in [6, 6.07) is 11.7. The van der Waals surface area contributed by atoms with E-state index >= 15 is 0 Å². The van der Waals surface area contributed by atoms with Crippen molar-refractivity contribution >= 4 is 17.3 Å². The minimum Gasteiger partial charge on any atom is -0.478 e. The molecule has 0 radical (unpaired) electrons. The van der Waals surface area contributed by atoms with Crippen LogP contribution in [-0.2, 0) is 11.3 Å². The Morgan fingerprint density at radius 3 is 2.69 bits per heavy atom. The molecule has 2 aliphatic heterocycles. The van der Waals surface area contributed by atoms with Crippen molar-refractivity contribution in [3.63, 3.8) is 0 Å². The average Bonchev–Trinajstić information content (AvgIpc) is 3.48. The first-order valence-electron chi connectivity index (χ1n) is 14.1. The standard InChI is InChI=1S/C30H29F3N4O5/c1-16-10-20-12-21(13-24(16)37(20)26-9-8-19-11-18(29(38)39)14-36(19)34-26)40-15-23-27(35-42-28(23)17-6-7-17)22-4-2-3-5-25(22)41-30(31,32)33/h2-5,8-9,11,14,16-17,20-21,24H,6-7,10,12-13,15H2,1H3,(H,38,39). The van der Waals surface area contributed by atoms with E-state index in [9.17, 15) is 23.1 Å². The van der Waals surface area contributed by atoms with Crippen molar-refractivity contribution in [2.45, 2.75) is 76.1 Å². The minimum atomic E-state index is -4.83. The zero-order valence-corrected chi connectivity index (χ0v) is 22.8.